The summed E-state index contributed by atoms with van der Waals surface area (Å²) in [6, 6.07) is 35.8. The number of carbonyl (C=O) groups is 6. The monoisotopic (exact) mass is 1130 g/mol. The molecule has 16 nitrogen and oxygen atoms in total. The van der Waals surface area contributed by atoms with Gasteiger partial charge in [-0.2, -0.15) is 0 Å². The Hall–Kier alpha value is -7.98. The Balaban J connectivity index is 0.827. The first-order valence-electron chi connectivity index (χ1n) is 30.8. The van der Waals surface area contributed by atoms with E-state index in [2.05, 4.69) is 56.0 Å². The van der Waals surface area contributed by atoms with Gasteiger partial charge in [0.05, 0.1) is 40.9 Å². The fraction of sp³-hybridized carbons (Fsp3) is 0.441. The number of hydrogen-bond donors (Lipinski definition) is 4. The maximum absolute atomic E-state index is 15.2. The average molecular weight is 1130 g/mol. The molecule has 2 saturated heterocycles. The number of likely N-dealkylation sites (tertiary alicyclic amines) is 2. The molecular formula is C68H80N10O6. The quantitative estimate of drug-likeness (QED) is 0.0610. The van der Waals surface area contributed by atoms with Crippen molar-refractivity contribution in [3.05, 3.63) is 156 Å². The standard InChI is InChI=1S/C68H80N10O6/c1-5-43(2)64(80)74-63(48-26-16-9-17-27-48)68(84)78-40-52(37-59(78)55-42-76-57(29-19-31-62(76)73-55)47-24-14-8-15-25-47)71-66(82)50-34-32-49(33-35-50)65(81)70-51-36-58(54-41-75-56(28-18-30-61(75)72-54)46-22-12-7-13-23-46)77(39-51)67(83)53(38-60(79)44(3)69-4)45-20-10-6-11-21-45/h7-8,12-15,18-19,22-25,28-35,41-45,48,51-53,58-59,63,69H,5-6,9-11,16-17,20-21,26-27,36-40H2,1-4H3,(H,70,81)(H,71,82)(H,74,80)/t43-,44+,51+,52+,53+,58+,59+,63+/m1/s1. The summed E-state index contributed by atoms with van der Waals surface area (Å²) in [5.74, 6) is -1.74. The number of likely N-dealkylation sites (N-methyl/N-ethyl adjacent to an activating group) is 1. The van der Waals surface area contributed by atoms with Gasteiger partial charge >= 0.3 is 0 Å². The molecule has 0 unspecified atom stereocenters. The molecule has 4 aliphatic rings. The third kappa shape index (κ3) is 12.5. The van der Waals surface area contributed by atoms with E-state index in [-0.39, 0.29) is 72.6 Å². The fourth-order valence-electron chi connectivity index (χ4n) is 13.6. The maximum atomic E-state index is 15.2. The van der Waals surface area contributed by atoms with E-state index in [1.165, 1.54) is 0 Å². The first-order chi connectivity index (χ1) is 40.8. The molecule has 7 aromatic rings. The topological polar surface area (TPSA) is 192 Å². The minimum atomic E-state index is -0.710. The number of nitrogens with one attached hydrogen (secondary N) is 4. The molecule has 8 atom stereocenters. The predicted molar refractivity (Wildman–Crippen MR) is 325 cm³/mol. The Morgan fingerprint density at radius 3 is 1.49 bits per heavy atom. The smallest absolute Gasteiger partial charge is 0.251 e. The van der Waals surface area contributed by atoms with Crippen molar-refractivity contribution in [1.82, 2.24) is 49.8 Å². The Morgan fingerprint density at radius 2 is 1.02 bits per heavy atom. The van der Waals surface area contributed by atoms with Crippen LogP contribution in [0.2, 0.25) is 0 Å². The van der Waals surface area contributed by atoms with Gasteiger partial charge < -0.3 is 31.1 Å². The van der Waals surface area contributed by atoms with Crippen LogP contribution in [0.5, 0.6) is 0 Å². The molecule has 0 radical (unpaired) electrons. The highest BCUT2D eigenvalue weighted by Gasteiger charge is 2.45. The van der Waals surface area contributed by atoms with Crippen LogP contribution in [0.25, 0.3) is 33.8 Å². The van der Waals surface area contributed by atoms with Crippen molar-refractivity contribution in [2.75, 3.05) is 20.1 Å². The number of imidazole rings is 2. The zero-order chi connectivity index (χ0) is 58.4. The molecule has 11 rings (SSSR count). The van der Waals surface area contributed by atoms with E-state index < -0.39 is 42.2 Å². The number of carbonyl (C=O) groups excluding carboxylic acids is 6. The van der Waals surface area contributed by atoms with Crippen LogP contribution < -0.4 is 21.3 Å². The molecule has 0 bridgehead atoms. The van der Waals surface area contributed by atoms with Crippen molar-refractivity contribution in [1.29, 1.82) is 0 Å². The van der Waals surface area contributed by atoms with Crippen LogP contribution in [0.15, 0.2) is 134 Å². The third-order valence-electron chi connectivity index (χ3n) is 18.7. The number of fused-ring (bicyclic) bond motifs is 2. The number of Topliss-reactive ketones (excluding diaryl/α,β-unsaturated/α-hetero) is 1. The number of rotatable bonds is 19. The normalized spacial score (nSPS) is 21.0. The second-order valence-corrected chi connectivity index (χ2v) is 24.1. The zero-order valence-corrected chi connectivity index (χ0v) is 48.9. The van der Waals surface area contributed by atoms with Crippen LogP contribution in [0.1, 0.15) is 155 Å². The highest BCUT2D eigenvalue weighted by molar-refractivity contribution is 5.98. The molecule has 438 valence electrons. The van der Waals surface area contributed by atoms with Gasteiger partial charge in [-0.15, -0.1) is 0 Å². The van der Waals surface area contributed by atoms with Crippen molar-refractivity contribution in [2.45, 2.75) is 147 Å². The van der Waals surface area contributed by atoms with Crippen molar-refractivity contribution in [2.24, 2.45) is 23.7 Å². The largest absolute Gasteiger partial charge is 0.347 e. The van der Waals surface area contributed by atoms with E-state index in [0.29, 0.717) is 41.8 Å². The number of ketones is 1. The molecule has 2 saturated carbocycles. The molecule has 84 heavy (non-hydrogen) atoms. The molecule has 4 N–H and O–H groups in total. The van der Waals surface area contributed by atoms with E-state index in [0.717, 1.165) is 98.0 Å². The lowest BCUT2D eigenvalue weighted by Gasteiger charge is -2.35. The first kappa shape index (κ1) is 57.8. The molecule has 4 aromatic heterocycles. The van der Waals surface area contributed by atoms with E-state index in [4.69, 9.17) is 9.97 Å². The van der Waals surface area contributed by atoms with E-state index in [1.54, 1.807) is 31.3 Å². The van der Waals surface area contributed by atoms with Crippen molar-refractivity contribution < 1.29 is 28.8 Å². The van der Waals surface area contributed by atoms with E-state index in [9.17, 15) is 19.2 Å². The van der Waals surface area contributed by atoms with Gasteiger partial charge in [-0.1, -0.05) is 125 Å². The van der Waals surface area contributed by atoms with Crippen molar-refractivity contribution >= 4 is 46.6 Å². The highest BCUT2D eigenvalue weighted by atomic mass is 16.2. The second-order valence-electron chi connectivity index (χ2n) is 24.1. The molecular weight excluding hydrogens is 1050 g/mol. The number of benzene rings is 3. The van der Waals surface area contributed by atoms with Gasteiger partial charge in [0.15, 0.2) is 0 Å². The number of nitrogens with zero attached hydrogens (tertiary/aromatic N) is 6. The maximum Gasteiger partial charge on any atom is 0.251 e. The minimum Gasteiger partial charge on any atom is -0.347 e. The van der Waals surface area contributed by atoms with Crippen LogP contribution in [-0.2, 0) is 19.2 Å². The molecule has 3 aromatic carbocycles. The van der Waals surface area contributed by atoms with Gasteiger partial charge in [0.2, 0.25) is 17.7 Å². The van der Waals surface area contributed by atoms with Gasteiger partial charge in [0, 0.05) is 67.0 Å². The number of aromatic nitrogens is 4. The van der Waals surface area contributed by atoms with Crippen LogP contribution in [0.3, 0.4) is 0 Å². The summed E-state index contributed by atoms with van der Waals surface area (Å²) >= 11 is 0. The zero-order valence-electron chi connectivity index (χ0n) is 48.9. The van der Waals surface area contributed by atoms with Gasteiger partial charge in [0.25, 0.3) is 11.8 Å². The van der Waals surface area contributed by atoms with Gasteiger partial charge in [0.1, 0.15) is 23.1 Å². The lowest BCUT2D eigenvalue weighted by molar-refractivity contribution is -0.142. The fourth-order valence-corrected chi connectivity index (χ4v) is 13.6. The Labute approximate surface area is 492 Å². The summed E-state index contributed by atoms with van der Waals surface area (Å²) in [4.78, 5) is 100. The molecule has 0 spiro atoms. The second kappa shape index (κ2) is 25.9. The summed E-state index contributed by atoms with van der Waals surface area (Å²) in [5, 5.41) is 12.8. The van der Waals surface area contributed by atoms with Crippen molar-refractivity contribution in [3.63, 3.8) is 0 Å². The first-order valence-corrected chi connectivity index (χ1v) is 30.8. The van der Waals surface area contributed by atoms with Gasteiger partial charge in [-0.25, -0.2) is 9.97 Å². The Bertz CT molecular complexity index is 3250. The summed E-state index contributed by atoms with van der Waals surface area (Å²) in [5.41, 5.74) is 7.57. The van der Waals surface area contributed by atoms with E-state index >= 15 is 9.59 Å². The Morgan fingerprint density at radius 1 is 0.560 bits per heavy atom. The SMILES string of the molecule is CC[C@@H](C)C(=O)N[C@H](C(=O)N1C[C@@H](NC(=O)c2ccc(C(=O)N[C@H]3C[C@@H](c4cn5c(-c6ccccc6)cccc5n4)N(C(=O)[C@@H](CC(=O)[C@H](C)NC)C4CCCCC4)C3)cc2)C[C@H]1c1cn2c(-c3ccccc3)cccc2n1)C1CCCCC1. The highest BCUT2D eigenvalue weighted by Crippen LogP contribution is 2.41. The predicted octanol–water partition coefficient (Wildman–Crippen LogP) is 10.3. The van der Waals surface area contributed by atoms with Crippen LogP contribution in [-0.4, -0.2) is 108 Å². The lowest BCUT2D eigenvalue weighted by Crippen LogP contribution is -2.54. The molecule has 4 fully saturated rings. The summed E-state index contributed by atoms with van der Waals surface area (Å²) in [7, 11) is 1.76. The van der Waals surface area contributed by atoms with Crippen LogP contribution in [0, 0.1) is 23.7 Å². The number of amides is 5. The lowest BCUT2D eigenvalue weighted by atomic mass is 9.76. The third-order valence-corrected chi connectivity index (χ3v) is 18.7. The number of hydrogen-bond acceptors (Lipinski definition) is 9. The van der Waals surface area contributed by atoms with Crippen molar-refractivity contribution in [3.8, 4) is 22.5 Å². The molecule has 2 aliphatic carbocycles. The Kier molecular flexibility index (Phi) is 17.8. The van der Waals surface area contributed by atoms with Crippen LogP contribution >= 0.6 is 0 Å². The molecule has 16 heteroatoms. The summed E-state index contributed by atoms with van der Waals surface area (Å²) in [6.07, 6.45) is 15.3. The molecule has 2 aliphatic heterocycles. The number of pyridine rings is 2. The van der Waals surface area contributed by atoms with Gasteiger partial charge in [-0.3, -0.25) is 37.6 Å². The summed E-state index contributed by atoms with van der Waals surface area (Å²) in [6.45, 7) is 6.17. The molecule has 6 heterocycles. The van der Waals surface area contributed by atoms with E-state index in [1.807, 2.05) is 114 Å². The van der Waals surface area contributed by atoms with Gasteiger partial charge in [-0.05, 0) is 130 Å². The minimum absolute atomic E-state index is 0.00655. The average Bonchev–Trinajstić information content (AvgIpc) is 2.65. The molecule has 5 amide bonds. The van der Waals surface area contributed by atoms with Crippen LogP contribution in [0.4, 0.5) is 0 Å². The summed E-state index contributed by atoms with van der Waals surface area (Å²) < 4.78 is 4.11.